The van der Waals surface area contributed by atoms with Crippen molar-refractivity contribution in [1.82, 2.24) is 5.32 Å². The van der Waals surface area contributed by atoms with Crippen LogP contribution in [0.2, 0.25) is 0 Å². The fourth-order valence-electron chi connectivity index (χ4n) is 2.51. The Kier molecular flexibility index (Phi) is 4.59. The van der Waals surface area contributed by atoms with Crippen LogP contribution in [0.5, 0.6) is 0 Å². The molecule has 112 valence electrons. The Balaban J connectivity index is 0.00000161. The van der Waals surface area contributed by atoms with Crippen LogP contribution in [0.1, 0.15) is 16.7 Å². The molecule has 1 nitrogen and oxygen atoms in total. The van der Waals surface area contributed by atoms with Gasteiger partial charge in [-0.05, 0) is 53.4 Å². The van der Waals surface area contributed by atoms with Crippen LogP contribution in [0.25, 0.3) is 11.1 Å². The number of hydrogen-bond acceptors (Lipinski definition) is 1. The smallest absolute Gasteiger partial charge is 0.312 e. The summed E-state index contributed by atoms with van der Waals surface area (Å²) < 4.78 is 37.6. The lowest BCUT2D eigenvalue weighted by Crippen LogP contribution is -2.23. The second kappa shape index (κ2) is 6.08. The minimum absolute atomic E-state index is 0. The van der Waals surface area contributed by atoms with Crippen molar-refractivity contribution >= 4 is 12.4 Å². The highest BCUT2D eigenvalue weighted by molar-refractivity contribution is 5.85. The van der Waals surface area contributed by atoms with E-state index in [9.17, 15) is 13.2 Å². The van der Waals surface area contributed by atoms with E-state index in [1.54, 1.807) is 0 Å². The first-order chi connectivity index (χ1) is 9.54. The topological polar surface area (TPSA) is 12.0 Å². The van der Waals surface area contributed by atoms with Crippen LogP contribution >= 0.6 is 12.4 Å². The minimum Gasteiger partial charge on any atom is -0.312 e. The molecule has 1 aliphatic rings. The maximum atomic E-state index is 12.5. The normalized spacial score (nSPS) is 14.2. The molecule has 0 amide bonds. The average molecular weight is 314 g/mol. The number of fused-ring (bicyclic) bond motifs is 1. The van der Waals surface area contributed by atoms with Crippen LogP contribution in [0.3, 0.4) is 0 Å². The van der Waals surface area contributed by atoms with Crippen LogP contribution in [-0.2, 0) is 19.1 Å². The van der Waals surface area contributed by atoms with Gasteiger partial charge in [-0.1, -0.05) is 24.3 Å². The van der Waals surface area contributed by atoms with E-state index in [1.807, 2.05) is 6.07 Å². The molecule has 2 aromatic rings. The first-order valence-electron chi connectivity index (χ1n) is 6.54. The highest BCUT2D eigenvalue weighted by atomic mass is 35.5. The number of benzene rings is 2. The molecule has 1 N–H and O–H groups in total. The molecule has 2 aromatic carbocycles. The molecule has 1 heterocycles. The third kappa shape index (κ3) is 3.39. The first-order valence-corrected chi connectivity index (χ1v) is 6.54. The van der Waals surface area contributed by atoms with Gasteiger partial charge in [0.2, 0.25) is 0 Å². The van der Waals surface area contributed by atoms with E-state index >= 15 is 0 Å². The molecule has 0 saturated carbocycles. The van der Waals surface area contributed by atoms with Gasteiger partial charge in [0.05, 0.1) is 5.56 Å². The standard InChI is InChI=1S/C16H14F3N.ClH/c17-16(18,19)15-5-3-11(4-6-15)13-2-1-12-7-8-20-10-14(12)9-13;/h1-6,9,20H,7-8,10H2;1H. The summed E-state index contributed by atoms with van der Waals surface area (Å²) in [6.07, 6.45) is -3.28. The van der Waals surface area contributed by atoms with Crippen molar-refractivity contribution in [3.8, 4) is 11.1 Å². The number of halogens is 4. The number of rotatable bonds is 1. The molecular weight excluding hydrogens is 299 g/mol. The summed E-state index contributed by atoms with van der Waals surface area (Å²) in [7, 11) is 0. The fourth-order valence-corrected chi connectivity index (χ4v) is 2.51. The Hall–Kier alpha value is -1.52. The van der Waals surface area contributed by atoms with Crippen LogP contribution in [0, 0.1) is 0 Å². The lowest BCUT2D eigenvalue weighted by molar-refractivity contribution is -0.137. The van der Waals surface area contributed by atoms with Gasteiger partial charge >= 0.3 is 6.18 Å². The summed E-state index contributed by atoms with van der Waals surface area (Å²) in [5, 5.41) is 3.30. The van der Waals surface area contributed by atoms with Gasteiger partial charge in [0, 0.05) is 6.54 Å². The molecule has 3 rings (SSSR count). The molecule has 0 atom stereocenters. The quantitative estimate of drug-likeness (QED) is 0.820. The lowest BCUT2D eigenvalue weighted by Gasteiger charge is -2.18. The molecular formula is C16H15ClF3N. The van der Waals surface area contributed by atoms with Crippen LogP contribution < -0.4 is 5.32 Å². The molecule has 0 unspecified atom stereocenters. The zero-order valence-corrected chi connectivity index (χ0v) is 12.0. The predicted octanol–water partition coefficient (Wildman–Crippen LogP) is 4.44. The third-order valence-electron chi connectivity index (χ3n) is 3.64. The van der Waals surface area contributed by atoms with Gasteiger partial charge in [0.25, 0.3) is 0 Å². The molecule has 0 saturated heterocycles. The predicted molar refractivity (Wildman–Crippen MR) is 79.5 cm³/mol. The van der Waals surface area contributed by atoms with Gasteiger partial charge < -0.3 is 5.32 Å². The highest BCUT2D eigenvalue weighted by Crippen LogP contribution is 2.31. The third-order valence-corrected chi connectivity index (χ3v) is 3.64. The second-order valence-corrected chi connectivity index (χ2v) is 4.99. The Morgan fingerprint density at radius 2 is 1.52 bits per heavy atom. The van der Waals surface area contributed by atoms with E-state index in [4.69, 9.17) is 0 Å². The van der Waals surface area contributed by atoms with E-state index in [2.05, 4.69) is 17.4 Å². The summed E-state index contributed by atoms with van der Waals surface area (Å²) in [6.45, 7) is 1.80. The van der Waals surface area contributed by atoms with Gasteiger partial charge in [-0.2, -0.15) is 13.2 Å². The molecule has 1 aliphatic heterocycles. The molecule has 0 aromatic heterocycles. The minimum atomic E-state index is -4.28. The summed E-state index contributed by atoms with van der Waals surface area (Å²) in [5.74, 6) is 0. The Morgan fingerprint density at radius 3 is 2.19 bits per heavy atom. The van der Waals surface area contributed by atoms with Gasteiger partial charge in [0.15, 0.2) is 0 Å². The van der Waals surface area contributed by atoms with Crippen LogP contribution in [-0.4, -0.2) is 6.54 Å². The zero-order chi connectivity index (χ0) is 14.2. The van der Waals surface area contributed by atoms with E-state index in [0.29, 0.717) is 0 Å². The first kappa shape index (κ1) is 15.9. The van der Waals surface area contributed by atoms with Crippen LogP contribution in [0.4, 0.5) is 13.2 Å². The number of nitrogens with one attached hydrogen (secondary N) is 1. The molecule has 0 fully saturated rings. The van der Waals surface area contributed by atoms with Gasteiger partial charge in [-0.25, -0.2) is 0 Å². The molecule has 5 heteroatoms. The lowest BCUT2D eigenvalue weighted by atomic mass is 9.95. The Labute approximate surface area is 127 Å². The fraction of sp³-hybridized carbons (Fsp3) is 0.250. The molecule has 21 heavy (non-hydrogen) atoms. The molecule has 0 radical (unpaired) electrons. The number of alkyl halides is 3. The summed E-state index contributed by atoms with van der Waals surface area (Å²) in [5.41, 5.74) is 3.71. The second-order valence-electron chi connectivity index (χ2n) is 4.99. The summed E-state index contributed by atoms with van der Waals surface area (Å²) in [6, 6.07) is 11.4. The largest absolute Gasteiger partial charge is 0.416 e. The van der Waals surface area contributed by atoms with Crippen molar-refractivity contribution in [2.45, 2.75) is 19.1 Å². The molecule has 0 bridgehead atoms. The summed E-state index contributed by atoms with van der Waals surface area (Å²) >= 11 is 0. The van der Waals surface area contributed by atoms with Gasteiger partial charge in [0.1, 0.15) is 0 Å². The van der Waals surface area contributed by atoms with E-state index in [1.165, 1.54) is 23.3 Å². The van der Waals surface area contributed by atoms with Crippen molar-refractivity contribution in [3.63, 3.8) is 0 Å². The SMILES string of the molecule is Cl.FC(F)(F)c1ccc(-c2ccc3c(c2)CNCC3)cc1. The highest BCUT2D eigenvalue weighted by Gasteiger charge is 2.29. The van der Waals surface area contributed by atoms with E-state index in [0.717, 1.165) is 42.8 Å². The van der Waals surface area contributed by atoms with E-state index < -0.39 is 11.7 Å². The van der Waals surface area contributed by atoms with Crippen molar-refractivity contribution < 1.29 is 13.2 Å². The van der Waals surface area contributed by atoms with Gasteiger partial charge in [-0.3, -0.25) is 0 Å². The molecule has 0 aliphatic carbocycles. The van der Waals surface area contributed by atoms with Crippen molar-refractivity contribution in [3.05, 3.63) is 59.2 Å². The average Bonchev–Trinajstić information content (AvgIpc) is 2.46. The molecule has 0 spiro atoms. The van der Waals surface area contributed by atoms with E-state index in [-0.39, 0.29) is 12.4 Å². The maximum absolute atomic E-state index is 12.5. The Morgan fingerprint density at radius 1 is 0.857 bits per heavy atom. The van der Waals surface area contributed by atoms with Crippen molar-refractivity contribution in [1.29, 1.82) is 0 Å². The van der Waals surface area contributed by atoms with Crippen LogP contribution in [0.15, 0.2) is 42.5 Å². The maximum Gasteiger partial charge on any atom is 0.416 e. The Bertz CT molecular complexity index is 620. The van der Waals surface area contributed by atoms with Crippen molar-refractivity contribution in [2.75, 3.05) is 6.54 Å². The number of hydrogen-bond donors (Lipinski definition) is 1. The summed E-state index contributed by atoms with van der Waals surface area (Å²) in [4.78, 5) is 0. The van der Waals surface area contributed by atoms with Gasteiger partial charge in [-0.15, -0.1) is 12.4 Å². The zero-order valence-electron chi connectivity index (χ0n) is 11.2. The van der Waals surface area contributed by atoms with Crippen molar-refractivity contribution in [2.24, 2.45) is 0 Å². The monoisotopic (exact) mass is 313 g/mol.